The summed E-state index contributed by atoms with van der Waals surface area (Å²) in [5.41, 5.74) is 1.29. The summed E-state index contributed by atoms with van der Waals surface area (Å²) in [5, 5.41) is 18.8. The first-order valence-electron chi connectivity index (χ1n) is 4.05. The van der Waals surface area contributed by atoms with Gasteiger partial charge in [-0.1, -0.05) is 12.1 Å². The van der Waals surface area contributed by atoms with Gasteiger partial charge in [-0.15, -0.1) is 0 Å². The predicted octanol–water partition coefficient (Wildman–Crippen LogP) is 1.33. The van der Waals surface area contributed by atoms with E-state index in [0.29, 0.717) is 11.0 Å². The summed E-state index contributed by atoms with van der Waals surface area (Å²) in [6.07, 6.45) is -0.766. The van der Waals surface area contributed by atoms with E-state index < -0.39 is 6.10 Å². The van der Waals surface area contributed by atoms with Gasteiger partial charge in [-0.2, -0.15) is 4.73 Å². The molecule has 1 aromatic heterocycles. The number of hydrogen-bond donors (Lipinski definition) is 2. The molecule has 0 fully saturated rings. The van der Waals surface area contributed by atoms with Gasteiger partial charge in [0.2, 0.25) is 0 Å². The van der Waals surface area contributed by atoms with Gasteiger partial charge < -0.3 is 10.3 Å². The van der Waals surface area contributed by atoms with Crippen LogP contribution < -0.4 is 0 Å². The number of aliphatic hydroxyl groups is 1. The third-order valence-electron chi connectivity index (χ3n) is 1.94. The molecule has 0 amide bonds. The lowest BCUT2D eigenvalue weighted by Gasteiger charge is -2.01. The van der Waals surface area contributed by atoms with Gasteiger partial charge in [0.25, 0.3) is 0 Å². The van der Waals surface area contributed by atoms with E-state index in [1.165, 1.54) is 0 Å². The lowest BCUT2D eigenvalue weighted by atomic mass is 10.3. The minimum Gasteiger partial charge on any atom is -0.427 e. The normalized spacial score (nSPS) is 13.4. The van der Waals surface area contributed by atoms with E-state index in [-0.39, 0.29) is 5.82 Å². The lowest BCUT2D eigenvalue weighted by Crippen LogP contribution is -2.02. The van der Waals surface area contributed by atoms with Crippen molar-refractivity contribution in [2.45, 2.75) is 13.0 Å². The van der Waals surface area contributed by atoms with E-state index in [0.717, 1.165) is 4.73 Å². The second-order valence-electron chi connectivity index (χ2n) is 2.95. The van der Waals surface area contributed by atoms with Crippen molar-refractivity contribution in [3.8, 4) is 0 Å². The molecule has 13 heavy (non-hydrogen) atoms. The third kappa shape index (κ3) is 1.15. The molecule has 4 heteroatoms. The fourth-order valence-electron chi connectivity index (χ4n) is 1.30. The number of fused-ring (bicyclic) bond motifs is 1. The zero-order valence-corrected chi connectivity index (χ0v) is 7.18. The van der Waals surface area contributed by atoms with Gasteiger partial charge in [0.1, 0.15) is 11.6 Å². The fraction of sp³-hybridized carbons (Fsp3) is 0.222. The van der Waals surface area contributed by atoms with Crippen molar-refractivity contribution in [2.24, 2.45) is 0 Å². The minimum absolute atomic E-state index is 0.265. The molecule has 0 bridgehead atoms. The van der Waals surface area contributed by atoms with E-state index in [2.05, 4.69) is 4.98 Å². The van der Waals surface area contributed by atoms with Gasteiger partial charge in [-0.3, -0.25) is 0 Å². The molecule has 0 aliphatic heterocycles. The van der Waals surface area contributed by atoms with Crippen molar-refractivity contribution >= 4 is 11.0 Å². The van der Waals surface area contributed by atoms with Crippen molar-refractivity contribution < 1.29 is 10.3 Å². The van der Waals surface area contributed by atoms with E-state index in [1.807, 2.05) is 12.1 Å². The summed E-state index contributed by atoms with van der Waals surface area (Å²) in [4.78, 5) is 4.07. The monoisotopic (exact) mass is 178 g/mol. The average Bonchev–Trinajstić information content (AvgIpc) is 2.45. The molecule has 4 nitrogen and oxygen atoms in total. The van der Waals surface area contributed by atoms with E-state index in [1.54, 1.807) is 19.1 Å². The fourth-order valence-corrected chi connectivity index (χ4v) is 1.30. The molecule has 0 aliphatic carbocycles. The van der Waals surface area contributed by atoms with Crippen molar-refractivity contribution in [1.29, 1.82) is 0 Å². The van der Waals surface area contributed by atoms with Crippen LogP contribution in [-0.4, -0.2) is 20.0 Å². The van der Waals surface area contributed by atoms with Crippen LogP contribution in [0.1, 0.15) is 18.9 Å². The van der Waals surface area contributed by atoms with Crippen LogP contribution >= 0.6 is 0 Å². The number of para-hydroxylation sites is 2. The van der Waals surface area contributed by atoms with Crippen LogP contribution in [0.25, 0.3) is 11.0 Å². The highest BCUT2D eigenvalue weighted by molar-refractivity contribution is 5.75. The maximum atomic E-state index is 9.55. The number of benzene rings is 1. The average molecular weight is 178 g/mol. The molecule has 0 saturated heterocycles. The molecule has 1 heterocycles. The Balaban J connectivity index is 2.74. The van der Waals surface area contributed by atoms with E-state index in [9.17, 15) is 10.3 Å². The molecule has 0 spiro atoms. The van der Waals surface area contributed by atoms with Crippen LogP contribution in [-0.2, 0) is 0 Å². The Hall–Kier alpha value is -1.55. The first kappa shape index (κ1) is 8.07. The summed E-state index contributed by atoms with van der Waals surface area (Å²) >= 11 is 0. The number of nitrogens with zero attached hydrogens (tertiary/aromatic N) is 2. The van der Waals surface area contributed by atoms with Crippen LogP contribution in [0, 0.1) is 0 Å². The van der Waals surface area contributed by atoms with Crippen LogP contribution in [0.5, 0.6) is 0 Å². The Morgan fingerprint density at radius 2 is 2.08 bits per heavy atom. The minimum atomic E-state index is -0.766. The molecule has 2 rings (SSSR count). The van der Waals surface area contributed by atoms with Crippen LogP contribution in [0.2, 0.25) is 0 Å². The van der Waals surface area contributed by atoms with Crippen molar-refractivity contribution in [3.05, 3.63) is 30.1 Å². The summed E-state index contributed by atoms with van der Waals surface area (Å²) < 4.78 is 0.917. The van der Waals surface area contributed by atoms with E-state index >= 15 is 0 Å². The molecule has 1 aromatic carbocycles. The summed E-state index contributed by atoms with van der Waals surface area (Å²) in [5.74, 6) is 0.265. The maximum Gasteiger partial charge on any atom is 0.174 e. The number of aliphatic hydroxyl groups excluding tert-OH is 1. The third-order valence-corrected chi connectivity index (χ3v) is 1.94. The van der Waals surface area contributed by atoms with Crippen molar-refractivity contribution in [1.82, 2.24) is 9.71 Å². The molecule has 1 unspecified atom stereocenters. The van der Waals surface area contributed by atoms with E-state index in [4.69, 9.17) is 0 Å². The molecule has 0 aliphatic rings. The SMILES string of the molecule is CC(O)c1nc2ccccc2n1O. The second kappa shape index (κ2) is 2.74. The molecule has 0 saturated carbocycles. The van der Waals surface area contributed by atoms with Gasteiger partial charge in [0.05, 0.1) is 5.52 Å². The highest BCUT2D eigenvalue weighted by Crippen LogP contribution is 2.18. The molecule has 1 atom stereocenters. The smallest absolute Gasteiger partial charge is 0.174 e. The molecule has 2 N–H and O–H groups in total. The predicted molar refractivity (Wildman–Crippen MR) is 47.6 cm³/mol. The van der Waals surface area contributed by atoms with Crippen molar-refractivity contribution in [2.75, 3.05) is 0 Å². The molecular formula is C9H10N2O2. The van der Waals surface area contributed by atoms with Crippen LogP contribution in [0.4, 0.5) is 0 Å². The topological polar surface area (TPSA) is 58.3 Å². The zero-order valence-electron chi connectivity index (χ0n) is 7.18. The van der Waals surface area contributed by atoms with Crippen LogP contribution in [0.15, 0.2) is 24.3 Å². The van der Waals surface area contributed by atoms with Gasteiger partial charge in [0.15, 0.2) is 5.82 Å². The largest absolute Gasteiger partial charge is 0.427 e. The molecule has 2 aromatic rings. The Morgan fingerprint density at radius 1 is 1.38 bits per heavy atom. The van der Waals surface area contributed by atoms with Gasteiger partial charge in [-0.05, 0) is 19.1 Å². The lowest BCUT2D eigenvalue weighted by molar-refractivity contribution is 0.127. The highest BCUT2D eigenvalue weighted by Gasteiger charge is 2.12. The molecule has 0 radical (unpaired) electrons. The quantitative estimate of drug-likeness (QED) is 0.647. The Bertz CT molecular complexity index is 434. The Labute approximate surface area is 75.0 Å². The molecule has 68 valence electrons. The second-order valence-corrected chi connectivity index (χ2v) is 2.95. The number of hydrogen-bond acceptors (Lipinski definition) is 3. The van der Waals surface area contributed by atoms with Crippen molar-refractivity contribution in [3.63, 3.8) is 0 Å². The zero-order chi connectivity index (χ0) is 9.42. The number of rotatable bonds is 1. The summed E-state index contributed by atoms with van der Waals surface area (Å²) in [7, 11) is 0. The molecular weight excluding hydrogens is 168 g/mol. The Kier molecular flexibility index (Phi) is 1.70. The number of aromatic nitrogens is 2. The standard InChI is InChI=1S/C9H10N2O2/c1-6(12)9-10-7-4-2-3-5-8(7)11(9)13/h2-6,12-13H,1H3. The Morgan fingerprint density at radius 3 is 2.69 bits per heavy atom. The van der Waals surface area contributed by atoms with Gasteiger partial charge in [-0.25, -0.2) is 4.98 Å². The number of imidazole rings is 1. The maximum absolute atomic E-state index is 9.55. The van der Waals surface area contributed by atoms with Gasteiger partial charge in [0, 0.05) is 0 Å². The summed E-state index contributed by atoms with van der Waals surface area (Å²) in [6, 6.07) is 7.17. The van der Waals surface area contributed by atoms with Gasteiger partial charge >= 0.3 is 0 Å². The summed E-state index contributed by atoms with van der Waals surface area (Å²) in [6.45, 7) is 1.56. The van der Waals surface area contributed by atoms with Crippen LogP contribution in [0.3, 0.4) is 0 Å². The first-order chi connectivity index (χ1) is 6.20. The highest BCUT2D eigenvalue weighted by atomic mass is 16.5. The first-order valence-corrected chi connectivity index (χ1v) is 4.05.